The van der Waals surface area contributed by atoms with E-state index in [1.54, 1.807) is 0 Å². The topological polar surface area (TPSA) is 64.0 Å². The number of amides is 1. The molecule has 124 valence electrons. The van der Waals surface area contributed by atoms with E-state index in [1.165, 1.54) is 38.3 Å². The van der Waals surface area contributed by atoms with Crippen LogP contribution in [-0.4, -0.2) is 21.7 Å². The molecule has 0 atom stereocenters. The van der Waals surface area contributed by atoms with Crippen molar-refractivity contribution in [3.8, 4) is 0 Å². The lowest BCUT2D eigenvalue weighted by Gasteiger charge is -2.54. The van der Waals surface area contributed by atoms with Gasteiger partial charge in [-0.1, -0.05) is 23.2 Å². The van der Waals surface area contributed by atoms with Crippen molar-refractivity contribution in [1.82, 2.24) is 15.1 Å². The maximum Gasteiger partial charge on any atom is 0.287 e. The Labute approximate surface area is 144 Å². The highest BCUT2D eigenvalue weighted by Crippen LogP contribution is 2.53. The van der Waals surface area contributed by atoms with Gasteiger partial charge in [0.2, 0.25) is 5.91 Å². The van der Waals surface area contributed by atoms with Gasteiger partial charge in [-0.05, 0) is 55.8 Å². The summed E-state index contributed by atoms with van der Waals surface area (Å²) in [4.78, 5) is 24.3. The van der Waals surface area contributed by atoms with Crippen LogP contribution in [0, 0.1) is 23.7 Å². The third-order valence-corrected chi connectivity index (χ3v) is 6.54. The van der Waals surface area contributed by atoms with E-state index in [-0.39, 0.29) is 28.5 Å². The van der Waals surface area contributed by atoms with Crippen LogP contribution in [0.15, 0.2) is 11.0 Å². The molecule has 1 aromatic rings. The van der Waals surface area contributed by atoms with Gasteiger partial charge in [-0.3, -0.25) is 9.59 Å². The third kappa shape index (κ3) is 2.78. The van der Waals surface area contributed by atoms with Gasteiger partial charge in [0.1, 0.15) is 11.6 Å². The Hall–Kier alpha value is -1.07. The van der Waals surface area contributed by atoms with Crippen molar-refractivity contribution in [1.29, 1.82) is 0 Å². The van der Waals surface area contributed by atoms with Crippen LogP contribution in [-0.2, 0) is 11.3 Å². The van der Waals surface area contributed by atoms with Gasteiger partial charge in [0.05, 0.1) is 11.2 Å². The number of nitrogens with zero attached hydrogens (tertiary/aromatic N) is 2. The maximum absolute atomic E-state index is 12.4. The SMILES string of the molecule is O=C(Cn1ncc(Cl)c(Cl)c1=O)NC1C2CC3CC(C2)CC1C3. The first kappa shape index (κ1) is 15.5. The fourth-order valence-electron chi connectivity index (χ4n) is 5.09. The molecule has 23 heavy (non-hydrogen) atoms. The van der Waals surface area contributed by atoms with E-state index >= 15 is 0 Å². The predicted molar refractivity (Wildman–Crippen MR) is 87.5 cm³/mol. The highest BCUT2D eigenvalue weighted by Gasteiger charge is 2.48. The van der Waals surface area contributed by atoms with Crippen molar-refractivity contribution in [2.75, 3.05) is 0 Å². The quantitative estimate of drug-likeness (QED) is 0.905. The van der Waals surface area contributed by atoms with Crippen LogP contribution in [0.25, 0.3) is 0 Å². The molecular formula is C16H19Cl2N3O2. The van der Waals surface area contributed by atoms with Gasteiger partial charge in [0, 0.05) is 6.04 Å². The number of halogens is 2. The number of carbonyl (C=O) groups excluding carboxylic acids is 1. The number of carbonyl (C=O) groups is 1. The molecule has 0 radical (unpaired) electrons. The molecular weight excluding hydrogens is 337 g/mol. The molecule has 1 N–H and O–H groups in total. The second kappa shape index (κ2) is 5.78. The molecule has 4 aliphatic carbocycles. The first-order valence-corrected chi connectivity index (χ1v) is 8.97. The molecule has 5 rings (SSSR count). The fourth-order valence-corrected chi connectivity index (χ4v) is 5.36. The van der Waals surface area contributed by atoms with Gasteiger partial charge in [-0.2, -0.15) is 5.10 Å². The Morgan fingerprint density at radius 2 is 1.78 bits per heavy atom. The fraction of sp³-hybridized carbons (Fsp3) is 0.688. The van der Waals surface area contributed by atoms with Gasteiger partial charge >= 0.3 is 0 Å². The number of aromatic nitrogens is 2. The Bertz CT molecular complexity index is 675. The highest BCUT2D eigenvalue weighted by atomic mass is 35.5. The van der Waals surface area contributed by atoms with Crippen molar-refractivity contribution >= 4 is 29.1 Å². The van der Waals surface area contributed by atoms with Gasteiger partial charge in [-0.25, -0.2) is 4.68 Å². The zero-order chi connectivity index (χ0) is 16.1. The van der Waals surface area contributed by atoms with E-state index in [9.17, 15) is 9.59 Å². The molecule has 4 bridgehead atoms. The molecule has 0 aromatic carbocycles. The smallest absolute Gasteiger partial charge is 0.287 e. The normalized spacial score (nSPS) is 34.6. The lowest BCUT2D eigenvalue weighted by molar-refractivity contribution is -0.125. The van der Waals surface area contributed by atoms with Crippen LogP contribution in [0.4, 0.5) is 0 Å². The first-order chi connectivity index (χ1) is 11.0. The number of nitrogens with one attached hydrogen (secondary N) is 1. The zero-order valence-corrected chi connectivity index (χ0v) is 14.2. The molecule has 0 spiro atoms. The zero-order valence-electron chi connectivity index (χ0n) is 12.7. The Morgan fingerprint density at radius 3 is 2.39 bits per heavy atom. The molecule has 5 nitrogen and oxygen atoms in total. The number of hydrogen-bond donors (Lipinski definition) is 1. The first-order valence-electron chi connectivity index (χ1n) is 8.21. The molecule has 1 heterocycles. The van der Waals surface area contributed by atoms with Crippen LogP contribution in [0.3, 0.4) is 0 Å². The highest BCUT2D eigenvalue weighted by molar-refractivity contribution is 6.41. The molecule has 1 amide bonds. The summed E-state index contributed by atoms with van der Waals surface area (Å²) in [6, 6.07) is 0.258. The van der Waals surface area contributed by atoms with Crippen LogP contribution >= 0.6 is 23.2 Å². The molecule has 4 fully saturated rings. The number of rotatable bonds is 3. The van der Waals surface area contributed by atoms with Gasteiger partial charge in [-0.15, -0.1) is 0 Å². The predicted octanol–water partition coefficient (Wildman–Crippen LogP) is 2.49. The summed E-state index contributed by atoms with van der Waals surface area (Å²) in [5, 5.41) is 7.06. The lowest BCUT2D eigenvalue weighted by Crippen LogP contribution is -2.56. The van der Waals surface area contributed by atoms with Gasteiger partial charge in [0.15, 0.2) is 0 Å². The van der Waals surface area contributed by atoms with Gasteiger partial charge in [0.25, 0.3) is 5.56 Å². The van der Waals surface area contributed by atoms with Crippen molar-refractivity contribution in [2.45, 2.75) is 44.7 Å². The molecule has 4 aliphatic rings. The minimum Gasteiger partial charge on any atom is -0.351 e. The Morgan fingerprint density at radius 1 is 1.17 bits per heavy atom. The summed E-state index contributed by atoms with van der Waals surface area (Å²) in [7, 11) is 0. The van der Waals surface area contributed by atoms with E-state index < -0.39 is 5.56 Å². The summed E-state index contributed by atoms with van der Waals surface area (Å²) >= 11 is 11.6. The third-order valence-electron chi connectivity index (χ3n) is 5.79. The second-order valence-corrected chi connectivity index (χ2v) is 8.08. The summed E-state index contributed by atoms with van der Waals surface area (Å²) in [6.07, 6.45) is 7.63. The monoisotopic (exact) mass is 355 g/mol. The van der Waals surface area contributed by atoms with E-state index in [0.717, 1.165) is 16.5 Å². The summed E-state index contributed by atoms with van der Waals surface area (Å²) in [5.74, 6) is 2.77. The van der Waals surface area contributed by atoms with E-state index in [0.29, 0.717) is 11.8 Å². The molecule has 0 saturated heterocycles. The van der Waals surface area contributed by atoms with Crippen LogP contribution in [0.1, 0.15) is 32.1 Å². The van der Waals surface area contributed by atoms with Crippen LogP contribution in [0.5, 0.6) is 0 Å². The van der Waals surface area contributed by atoms with Crippen LogP contribution < -0.4 is 10.9 Å². The van der Waals surface area contributed by atoms with Crippen molar-refractivity contribution < 1.29 is 4.79 Å². The Kier molecular flexibility index (Phi) is 3.88. The van der Waals surface area contributed by atoms with Gasteiger partial charge < -0.3 is 5.32 Å². The van der Waals surface area contributed by atoms with Crippen molar-refractivity contribution in [2.24, 2.45) is 23.7 Å². The average molecular weight is 356 g/mol. The lowest BCUT2D eigenvalue weighted by atomic mass is 9.54. The molecule has 4 saturated carbocycles. The summed E-state index contributed by atoms with van der Waals surface area (Å²) in [6.45, 7) is -0.113. The summed E-state index contributed by atoms with van der Waals surface area (Å²) in [5.41, 5.74) is -0.528. The Balaban J connectivity index is 1.45. The summed E-state index contributed by atoms with van der Waals surface area (Å²) < 4.78 is 1.07. The minimum atomic E-state index is -0.528. The average Bonchev–Trinajstić information content (AvgIpc) is 2.51. The van der Waals surface area contributed by atoms with Crippen molar-refractivity contribution in [3.05, 3.63) is 26.6 Å². The van der Waals surface area contributed by atoms with E-state index in [2.05, 4.69) is 10.4 Å². The maximum atomic E-state index is 12.4. The molecule has 7 heteroatoms. The van der Waals surface area contributed by atoms with Crippen molar-refractivity contribution in [3.63, 3.8) is 0 Å². The standard InChI is InChI=1S/C16H19Cl2N3O2/c17-12-6-19-21(16(23)14(12)18)7-13(22)20-15-10-2-8-1-9(4-10)5-11(15)3-8/h6,8-11,15H,1-5,7H2,(H,20,22). The minimum absolute atomic E-state index is 0.0934. The van der Waals surface area contributed by atoms with E-state index in [1.807, 2.05) is 0 Å². The molecule has 0 unspecified atom stereocenters. The van der Waals surface area contributed by atoms with Crippen LogP contribution in [0.2, 0.25) is 10.0 Å². The van der Waals surface area contributed by atoms with E-state index in [4.69, 9.17) is 23.2 Å². The second-order valence-electron chi connectivity index (χ2n) is 7.29. The molecule has 0 aliphatic heterocycles. The number of hydrogen-bond acceptors (Lipinski definition) is 3. The largest absolute Gasteiger partial charge is 0.351 e. The molecule has 1 aromatic heterocycles.